The van der Waals surface area contributed by atoms with Crippen LogP contribution in [0.2, 0.25) is 0 Å². The molecule has 1 heterocycles. The van der Waals surface area contributed by atoms with E-state index < -0.39 is 11.9 Å². The molecule has 32 heavy (non-hydrogen) atoms. The molecule has 3 aromatic rings. The summed E-state index contributed by atoms with van der Waals surface area (Å²) in [5.41, 5.74) is 2.32. The van der Waals surface area contributed by atoms with Crippen molar-refractivity contribution >= 4 is 23.3 Å². The van der Waals surface area contributed by atoms with E-state index in [2.05, 4.69) is 0 Å². The Morgan fingerprint density at radius 1 is 0.906 bits per heavy atom. The zero-order valence-electron chi connectivity index (χ0n) is 17.7. The number of amides is 1. The minimum absolute atomic E-state index is 0.0555. The fourth-order valence-corrected chi connectivity index (χ4v) is 3.51. The highest BCUT2D eigenvalue weighted by atomic mass is 16.5. The number of anilines is 1. The number of ketones is 1. The zero-order chi connectivity index (χ0) is 22.5. The average molecular weight is 429 g/mol. The van der Waals surface area contributed by atoms with Crippen LogP contribution in [0.3, 0.4) is 0 Å². The summed E-state index contributed by atoms with van der Waals surface area (Å²) in [5, 5.41) is 0. The van der Waals surface area contributed by atoms with Gasteiger partial charge in [-0.05, 0) is 43.3 Å². The van der Waals surface area contributed by atoms with E-state index in [1.54, 1.807) is 53.4 Å². The van der Waals surface area contributed by atoms with Gasteiger partial charge in [-0.25, -0.2) is 0 Å². The second-order valence-electron chi connectivity index (χ2n) is 7.71. The third-order valence-electron chi connectivity index (χ3n) is 5.30. The fourth-order valence-electron chi connectivity index (χ4n) is 3.51. The minimum Gasteiger partial charge on any atom is -0.457 e. The number of benzene rings is 3. The van der Waals surface area contributed by atoms with E-state index in [1.165, 1.54) is 0 Å². The number of hydrogen-bond donors (Lipinski definition) is 0. The van der Waals surface area contributed by atoms with Crippen molar-refractivity contribution in [2.24, 2.45) is 5.92 Å². The molecule has 0 aromatic heterocycles. The molecule has 0 bridgehead atoms. The van der Waals surface area contributed by atoms with Crippen molar-refractivity contribution in [1.82, 2.24) is 0 Å². The van der Waals surface area contributed by atoms with E-state index >= 15 is 0 Å². The lowest BCUT2D eigenvalue weighted by Crippen LogP contribution is -2.27. The quantitative estimate of drug-likeness (QED) is 0.406. The monoisotopic (exact) mass is 429 g/mol. The Kier molecular flexibility index (Phi) is 6.31. The number of nitrogens with zero attached hydrogens (tertiary/aromatic N) is 1. The average Bonchev–Trinajstić information content (AvgIpc) is 3.21. The maximum atomic E-state index is 12.5. The Balaban J connectivity index is 1.33. The van der Waals surface area contributed by atoms with E-state index in [0.29, 0.717) is 17.0 Å². The van der Waals surface area contributed by atoms with Gasteiger partial charge in [0.2, 0.25) is 5.91 Å². The summed E-state index contributed by atoms with van der Waals surface area (Å²) in [6.07, 6.45) is 0.0555. The number of aryl methyl sites for hydroxylation is 1. The Hall–Kier alpha value is -3.93. The zero-order valence-corrected chi connectivity index (χ0v) is 17.7. The van der Waals surface area contributed by atoms with Crippen molar-refractivity contribution in [3.8, 4) is 11.5 Å². The summed E-state index contributed by atoms with van der Waals surface area (Å²) in [6.45, 7) is 1.89. The highest BCUT2D eigenvalue weighted by Gasteiger charge is 2.36. The van der Waals surface area contributed by atoms with Crippen LogP contribution in [0.4, 0.5) is 5.69 Å². The van der Waals surface area contributed by atoms with Gasteiger partial charge in [-0.15, -0.1) is 0 Å². The van der Waals surface area contributed by atoms with E-state index in [-0.39, 0.29) is 31.3 Å². The van der Waals surface area contributed by atoms with Crippen molar-refractivity contribution in [3.05, 3.63) is 90.0 Å². The van der Waals surface area contributed by atoms with Gasteiger partial charge in [0.25, 0.3) is 0 Å². The number of esters is 1. The molecule has 4 rings (SSSR count). The summed E-state index contributed by atoms with van der Waals surface area (Å²) < 4.78 is 11.0. The van der Waals surface area contributed by atoms with Crippen molar-refractivity contribution < 1.29 is 23.9 Å². The molecule has 0 saturated carbocycles. The molecule has 6 heteroatoms. The number of hydrogen-bond acceptors (Lipinski definition) is 5. The van der Waals surface area contributed by atoms with Crippen LogP contribution in [0.15, 0.2) is 78.9 Å². The van der Waals surface area contributed by atoms with Crippen molar-refractivity contribution in [2.45, 2.75) is 13.3 Å². The lowest BCUT2D eigenvalue weighted by atomic mass is 10.1. The smallest absolute Gasteiger partial charge is 0.311 e. The largest absolute Gasteiger partial charge is 0.457 e. The number of ether oxygens (including phenoxy) is 2. The highest BCUT2D eigenvalue weighted by Crippen LogP contribution is 2.29. The van der Waals surface area contributed by atoms with Gasteiger partial charge in [0.05, 0.1) is 5.92 Å². The summed E-state index contributed by atoms with van der Waals surface area (Å²) in [4.78, 5) is 38.6. The molecule has 1 fully saturated rings. The van der Waals surface area contributed by atoms with E-state index in [1.807, 2.05) is 37.3 Å². The van der Waals surface area contributed by atoms with Crippen molar-refractivity contribution in [2.75, 3.05) is 18.1 Å². The van der Waals surface area contributed by atoms with Gasteiger partial charge in [-0.2, -0.15) is 0 Å². The molecule has 0 aliphatic carbocycles. The molecule has 0 radical (unpaired) electrons. The number of carbonyl (C=O) groups is 3. The number of Topliss-reactive ketones (excluding diaryl/α,β-unsaturated/α-hetero) is 1. The van der Waals surface area contributed by atoms with Crippen LogP contribution in [-0.2, 0) is 14.3 Å². The maximum Gasteiger partial charge on any atom is 0.311 e. The van der Waals surface area contributed by atoms with Gasteiger partial charge < -0.3 is 14.4 Å². The molecule has 1 aliphatic rings. The highest BCUT2D eigenvalue weighted by molar-refractivity contribution is 6.01. The topological polar surface area (TPSA) is 72.9 Å². The Labute approximate surface area is 186 Å². The SMILES string of the molecule is Cc1ccc(Oc2ccc(N3C[C@H](C(=O)OCC(=O)c4ccccc4)CC3=O)cc2)cc1. The predicted octanol–water partition coefficient (Wildman–Crippen LogP) is 4.57. The molecule has 0 N–H and O–H groups in total. The van der Waals surface area contributed by atoms with E-state index in [4.69, 9.17) is 9.47 Å². The van der Waals surface area contributed by atoms with Gasteiger partial charge in [-0.1, -0.05) is 48.0 Å². The van der Waals surface area contributed by atoms with Crippen LogP contribution >= 0.6 is 0 Å². The molecular weight excluding hydrogens is 406 g/mol. The second-order valence-corrected chi connectivity index (χ2v) is 7.71. The molecule has 1 amide bonds. The van der Waals surface area contributed by atoms with Gasteiger partial charge in [0, 0.05) is 24.2 Å². The molecule has 1 atom stereocenters. The Bertz CT molecular complexity index is 1110. The normalized spacial score (nSPS) is 15.5. The summed E-state index contributed by atoms with van der Waals surface area (Å²) in [6, 6.07) is 23.5. The van der Waals surface area contributed by atoms with Crippen LogP contribution in [0, 0.1) is 12.8 Å². The van der Waals surface area contributed by atoms with Crippen LogP contribution in [0.25, 0.3) is 0 Å². The standard InChI is InChI=1S/C26H23NO5/c1-18-7-11-22(12-8-18)32-23-13-9-21(10-14-23)27-16-20(15-25(27)29)26(30)31-17-24(28)19-5-3-2-4-6-19/h2-14,20H,15-17H2,1H3/t20-/m1/s1. The number of carbonyl (C=O) groups excluding carboxylic acids is 3. The Morgan fingerprint density at radius 3 is 2.19 bits per heavy atom. The van der Waals surface area contributed by atoms with Crippen LogP contribution < -0.4 is 9.64 Å². The summed E-state index contributed by atoms with van der Waals surface area (Å²) >= 11 is 0. The first-order valence-corrected chi connectivity index (χ1v) is 10.4. The van der Waals surface area contributed by atoms with Gasteiger partial charge >= 0.3 is 5.97 Å². The first-order chi connectivity index (χ1) is 15.5. The molecule has 1 aliphatic heterocycles. The van der Waals surface area contributed by atoms with Gasteiger partial charge in [-0.3, -0.25) is 14.4 Å². The van der Waals surface area contributed by atoms with Crippen LogP contribution in [-0.4, -0.2) is 30.8 Å². The minimum atomic E-state index is -0.602. The first kappa shape index (κ1) is 21.3. The predicted molar refractivity (Wildman–Crippen MR) is 120 cm³/mol. The molecule has 0 unspecified atom stereocenters. The second kappa shape index (κ2) is 9.47. The molecule has 1 saturated heterocycles. The Morgan fingerprint density at radius 2 is 1.53 bits per heavy atom. The molecule has 3 aromatic carbocycles. The van der Waals surface area contributed by atoms with Crippen molar-refractivity contribution in [3.63, 3.8) is 0 Å². The molecule has 6 nitrogen and oxygen atoms in total. The van der Waals surface area contributed by atoms with Gasteiger partial charge in [0.1, 0.15) is 11.5 Å². The maximum absolute atomic E-state index is 12.5. The van der Waals surface area contributed by atoms with E-state index in [9.17, 15) is 14.4 Å². The fraction of sp³-hybridized carbons (Fsp3) is 0.192. The van der Waals surface area contributed by atoms with Crippen LogP contribution in [0.5, 0.6) is 11.5 Å². The lowest BCUT2D eigenvalue weighted by molar-refractivity contribution is -0.147. The third kappa shape index (κ3) is 5.03. The molecule has 162 valence electrons. The van der Waals surface area contributed by atoms with Crippen molar-refractivity contribution in [1.29, 1.82) is 0 Å². The summed E-state index contributed by atoms with van der Waals surface area (Å²) in [5.74, 6) is -0.190. The summed E-state index contributed by atoms with van der Waals surface area (Å²) in [7, 11) is 0. The first-order valence-electron chi connectivity index (χ1n) is 10.4. The van der Waals surface area contributed by atoms with Gasteiger partial charge in [0.15, 0.2) is 12.4 Å². The van der Waals surface area contributed by atoms with E-state index in [0.717, 1.165) is 11.3 Å². The number of rotatable bonds is 7. The lowest BCUT2D eigenvalue weighted by Gasteiger charge is -2.17. The third-order valence-corrected chi connectivity index (χ3v) is 5.30. The molecular formula is C26H23NO5. The molecule has 0 spiro atoms. The van der Waals surface area contributed by atoms with Crippen LogP contribution in [0.1, 0.15) is 22.3 Å².